The van der Waals surface area contributed by atoms with Crippen molar-refractivity contribution in [2.45, 2.75) is 11.8 Å². The Morgan fingerprint density at radius 2 is 1.97 bits per heavy atom. The molecule has 2 heterocycles. The van der Waals surface area contributed by atoms with E-state index in [1.165, 1.54) is 10.5 Å². The second-order valence-electron chi connectivity index (χ2n) is 6.83. The molecule has 8 nitrogen and oxygen atoms in total. The van der Waals surface area contributed by atoms with Crippen LogP contribution in [0.25, 0.3) is 6.08 Å². The van der Waals surface area contributed by atoms with Gasteiger partial charge in [-0.25, -0.2) is 13.8 Å². The molecule has 0 aliphatic carbocycles. The zero-order valence-electron chi connectivity index (χ0n) is 16.2. The Kier molecular flexibility index (Phi) is 6.97. The van der Waals surface area contributed by atoms with E-state index < -0.39 is 10.0 Å². The molecule has 3 rings (SSSR count). The maximum Gasteiger partial charge on any atom is 0.295 e. The van der Waals surface area contributed by atoms with E-state index in [1.807, 2.05) is 13.0 Å². The minimum atomic E-state index is -3.49. The average Bonchev–Trinajstić information content (AvgIpc) is 3.22. The van der Waals surface area contributed by atoms with Crippen LogP contribution < -0.4 is 10.3 Å². The molecule has 1 aromatic heterocycles. The van der Waals surface area contributed by atoms with E-state index in [4.69, 9.17) is 4.42 Å². The predicted molar refractivity (Wildman–Crippen MR) is 110 cm³/mol. The summed E-state index contributed by atoms with van der Waals surface area (Å²) in [6.07, 6.45) is 6.45. The zero-order valence-corrected chi connectivity index (χ0v) is 17.1. The van der Waals surface area contributed by atoms with Crippen LogP contribution in [0.2, 0.25) is 0 Å². The predicted octanol–water partition coefficient (Wildman–Crippen LogP) is 0.293. The normalized spacial score (nSPS) is 16.6. The fourth-order valence-electron chi connectivity index (χ4n) is 3.02. The van der Waals surface area contributed by atoms with Crippen LogP contribution in [0, 0.1) is 6.92 Å². The highest BCUT2D eigenvalue weighted by Gasteiger charge is 2.30. The van der Waals surface area contributed by atoms with Crippen molar-refractivity contribution < 1.29 is 22.5 Å². The minimum Gasteiger partial charge on any atom is -0.465 e. The molecule has 1 aliphatic rings. The number of allylic oxidation sites excluding steroid dienone is 1. The number of quaternary nitrogens is 1. The van der Waals surface area contributed by atoms with E-state index >= 15 is 0 Å². The highest BCUT2D eigenvalue weighted by atomic mass is 32.2. The summed E-state index contributed by atoms with van der Waals surface area (Å²) in [6, 6.07) is 10.5. The number of carbonyl (C=O) groups excluding carboxylic acids is 1. The topological polar surface area (TPSA) is 96.4 Å². The van der Waals surface area contributed by atoms with E-state index in [0.717, 1.165) is 10.5 Å². The second-order valence-corrected chi connectivity index (χ2v) is 8.77. The Bertz CT molecular complexity index is 958. The third kappa shape index (κ3) is 5.86. The number of rotatable bonds is 7. The number of hydrogen-bond donors (Lipinski definition) is 2. The summed E-state index contributed by atoms with van der Waals surface area (Å²) in [5.41, 5.74) is 3.50. The van der Waals surface area contributed by atoms with Crippen molar-refractivity contribution in [1.29, 1.82) is 0 Å². The smallest absolute Gasteiger partial charge is 0.295 e. The van der Waals surface area contributed by atoms with Gasteiger partial charge in [-0.3, -0.25) is 4.79 Å². The van der Waals surface area contributed by atoms with Crippen LogP contribution in [0.4, 0.5) is 0 Å². The first-order valence-electron chi connectivity index (χ1n) is 9.37. The van der Waals surface area contributed by atoms with Crippen LogP contribution in [0.1, 0.15) is 11.3 Å². The van der Waals surface area contributed by atoms with Gasteiger partial charge >= 0.3 is 0 Å². The van der Waals surface area contributed by atoms with Crippen molar-refractivity contribution in [3.63, 3.8) is 0 Å². The number of carbonyl (C=O) groups is 1. The maximum atomic E-state index is 12.7. The summed E-state index contributed by atoms with van der Waals surface area (Å²) in [5.74, 6) is 0.489. The third-order valence-corrected chi connectivity index (χ3v) is 6.57. The van der Waals surface area contributed by atoms with Gasteiger partial charge < -0.3 is 9.32 Å². The zero-order chi connectivity index (χ0) is 20.7. The van der Waals surface area contributed by atoms with Crippen LogP contribution in [0.5, 0.6) is 0 Å². The number of aryl methyl sites for hydroxylation is 1. The first kappa shape index (κ1) is 21.0. The van der Waals surface area contributed by atoms with Crippen LogP contribution in [0.15, 0.2) is 63.2 Å². The van der Waals surface area contributed by atoms with Gasteiger partial charge in [-0.2, -0.15) is 9.41 Å². The summed E-state index contributed by atoms with van der Waals surface area (Å²) >= 11 is 0. The summed E-state index contributed by atoms with van der Waals surface area (Å²) in [7, 11) is -3.49. The molecule has 2 aromatic rings. The lowest BCUT2D eigenvalue weighted by atomic mass is 10.2. The molecule has 0 saturated carbocycles. The van der Waals surface area contributed by atoms with Crippen molar-refractivity contribution in [1.82, 2.24) is 9.73 Å². The van der Waals surface area contributed by atoms with Gasteiger partial charge in [0.2, 0.25) is 10.0 Å². The molecule has 0 spiro atoms. The highest BCUT2D eigenvalue weighted by molar-refractivity contribution is 7.89. The molecule has 0 bridgehead atoms. The van der Waals surface area contributed by atoms with Gasteiger partial charge in [-0.1, -0.05) is 17.7 Å². The lowest BCUT2D eigenvalue weighted by Gasteiger charge is -2.31. The molecule has 2 N–H and O–H groups in total. The van der Waals surface area contributed by atoms with Gasteiger partial charge in [0, 0.05) is 6.21 Å². The maximum absolute atomic E-state index is 12.7. The average molecular weight is 418 g/mol. The first-order valence-corrected chi connectivity index (χ1v) is 10.8. The lowest BCUT2D eigenvalue weighted by molar-refractivity contribution is -0.895. The molecule has 1 amide bonds. The monoisotopic (exact) mass is 417 g/mol. The fourth-order valence-corrected chi connectivity index (χ4v) is 4.46. The Morgan fingerprint density at radius 1 is 1.24 bits per heavy atom. The number of furan rings is 1. The number of hydrazone groups is 1. The van der Waals surface area contributed by atoms with Gasteiger partial charge in [-0.15, -0.1) is 0 Å². The Labute approximate surface area is 170 Å². The van der Waals surface area contributed by atoms with Crippen molar-refractivity contribution >= 4 is 28.2 Å². The van der Waals surface area contributed by atoms with E-state index in [-0.39, 0.29) is 12.5 Å². The van der Waals surface area contributed by atoms with E-state index in [2.05, 4.69) is 10.5 Å². The third-order valence-electron chi connectivity index (χ3n) is 4.65. The molecule has 1 fully saturated rings. The Balaban J connectivity index is 1.43. The quantitative estimate of drug-likeness (QED) is 0.500. The van der Waals surface area contributed by atoms with Gasteiger partial charge in [0.25, 0.3) is 5.91 Å². The van der Waals surface area contributed by atoms with E-state index in [1.54, 1.807) is 48.7 Å². The van der Waals surface area contributed by atoms with Gasteiger partial charge in [-0.05, 0) is 43.3 Å². The summed E-state index contributed by atoms with van der Waals surface area (Å²) in [4.78, 5) is 13.3. The summed E-state index contributed by atoms with van der Waals surface area (Å²) < 4.78 is 32.1. The molecule has 0 radical (unpaired) electrons. The summed E-state index contributed by atoms with van der Waals surface area (Å²) in [6.45, 7) is 4.07. The first-order chi connectivity index (χ1) is 13.9. The fraction of sp³-hybridized carbons (Fsp3) is 0.300. The van der Waals surface area contributed by atoms with Gasteiger partial charge in [0.1, 0.15) is 5.76 Å². The second kappa shape index (κ2) is 9.64. The molecule has 29 heavy (non-hydrogen) atoms. The van der Waals surface area contributed by atoms with Crippen molar-refractivity contribution in [3.05, 3.63) is 60.1 Å². The molecule has 154 valence electrons. The number of nitrogens with one attached hydrogen (secondary N) is 2. The number of hydrogen-bond acceptors (Lipinski definition) is 5. The molecule has 0 unspecified atom stereocenters. The molecular formula is C20H25N4O4S+. The Morgan fingerprint density at radius 3 is 2.62 bits per heavy atom. The summed E-state index contributed by atoms with van der Waals surface area (Å²) in [5, 5.41) is 3.86. The standard InChI is InChI=1S/C20H24N4O4S/c1-17-6-8-19(9-7-17)29(26,27)24-13-11-23(12-14-24)16-20(25)22-21-10-2-4-18-5-3-15-28-18/h2-10,15H,11-14,16H2,1H3,(H,22,25)/p+1/b4-2-,21-10-. The molecule has 9 heteroatoms. The SMILES string of the molecule is Cc1ccc(S(=O)(=O)N2CC[NH+](CC(=O)N/N=C\C=C/c3ccco3)CC2)cc1. The number of amides is 1. The molecule has 1 aliphatic heterocycles. The van der Waals surface area contributed by atoms with Crippen LogP contribution in [0.3, 0.4) is 0 Å². The van der Waals surface area contributed by atoms with E-state index in [0.29, 0.717) is 36.8 Å². The van der Waals surface area contributed by atoms with Gasteiger partial charge in [0.05, 0.1) is 37.3 Å². The van der Waals surface area contributed by atoms with Crippen molar-refractivity contribution in [2.24, 2.45) is 5.10 Å². The van der Waals surface area contributed by atoms with Crippen molar-refractivity contribution in [3.8, 4) is 0 Å². The van der Waals surface area contributed by atoms with Crippen LogP contribution in [-0.4, -0.2) is 57.6 Å². The van der Waals surface area contributed by atoms with Crippen LogP contribution in [-0.2, 0) is 14.8 Å². The molecule has 1 aromatic carbocycles. The van der Waals surface area contributed by atoms with Crippen LogP contribution >= 0.6 is 0 Å². The van der Waals surface area contributed by atoms with E-state index in [9.17, 15) is 13.2 Å². The van der Waals surface area contributed by atoms with Crippen molar-refractivity contribution in [2.75, 3.05) is 32.7 Å². The number of nitrogens with zero attached hydrogens (tertiary/aromatic N) is 2. The molecular weight excluding hydrogens is 392 g/mol. The lowest BCUT2D eigenvalue weighted by Crippen LogP contribution is -3.15. The molecule has 0 atom stereocenters. The largest absolute Gasteiger partial charge is 0.465 e. The highest BCUT2D eigenvalue weighted by Crippen LogP contribution is 2.16. The Hall–Kier alpha value is -2.75. The minimum absolute atomic E-state index is 0.211. The number of sulfonamides is 1. The number of piperazine rings is 1. The number of benzene rings is 1. The van der Waals surface area contributed by atoms with Gasteiger partial charge in [0.15, 0.2) is 6.54 Å². The molecule has 1 saturated heterocycles.